The minimum atomic E-state index is -0.453. The standard InChI is InChI=1S/C55H34/c1-3-14-44(15-4-1)55(45-16-5-2-6-17-45)51-21-10-9-18-48(51)50-29-28-47-46(19-11-20-49(47)54(50)55)43-33-40-26-24-38-31-42(32-39-25-27-41(34-43)53(40)52(38)39)37-23-22-35-12-7-8-13-36(35)30-37/h1-34H. The quantitative estimate of drug-likeness (QED) is 0.161. The van der Waals surface area contributed by atoms with Crippen LogP contribution in [0.25, 0.3) is 87.2 Å². The highest BCUT2D eigenvalue weighted by atomic mass is 14.5. The maximum atomic E-state index is 2.41. The Bertz CT molecular complexity index is 3190. The summed E-state index contributed by atoms with van der Waals surface area (Å²) in [4.78, 5) is 0. The molecule has 0 N–H and O–H groups in total. The third kappa shape index (κ3) is 4.28. The van der Waals surface area contributed by atoms with E-state index in [1.165, 1.54) is 109 Å². The molecule has 12 rings (SSSR count). The summed E-state index contributed by atoms with van der Waals surface area (Å²) in [7, 11) is 0. The first-order chi connectivity index (χ1) is 27.3. The Morgan fingerprint density at radius 1 is 0.273 bits per heavy atom. The van der Waals surface area contributed by atoms with Crippen molar-refractivity contribution in [1.82, 2.24) is 0 Å². The molecule has 0 amide bonds. The normalized spacial score (nSPS) is 13.2. The van der Waals surface area contributed by atoms with Gasteiger partial charge in [-0.05, 0) is 140 Å². The third-order valence-corrected chi connectivity index (χ3v) is 12.4. The fraction of sp³-hybridized carbons (Fsp3) is 0.0182. The van der Waals surface area contributed by atoms with Crippen LogP contribution in [0.15, 0.2) is 206 Å². The lowest BCUT2D eigenvalue weighted by Crippen LogP contribution is -2.28. The van der Waals surface area contributed by atoms with Crippen molar-refractivity contribution < 1.29 is 0 Å². The monoisotopic (exact) mass is 694 g/mol. The molecule has 0 fully saturated rings. The molecular weight excluding hydrogens is 661 g/mol. The summed E-state index contributed by atoms with van der Waals surface area (Å²) in [6.45, 7) is 0. The molecule has 1 aliphatic carbocycles. The second-order valence-corrected chi connectivity index (χ2v) is 15.2. The highest BCUT2D eigenvalue weighted by Crippen LogP contribution is 2.58. The van der Waals surface area contributed by atoms with Crippen LogP contribution in [0.1, 0.15) is 22.3 Å². The smallest absolute Gasteiger partial charge is 0.0622 e. The number of benzene rings is 11. The summed E-state index contributed by atoms with van der Waals surface area (Å²) in [6.07, 6.45) is 0. The lowest BCUT2D eigenvalue weighted by Gasteiger charge is -2.34. The van der Waals surface area contributed by atoms with Gasteiger partial charge >= 0.3 is 0 Å². The van der Waals surface area contributed by atoms with Crippen LogP contribution in [0.4, 0.5) is 0 Å². The molecular formula is C55H34. The SMILES string of the molecule is c1ccc(C2(c3ccccc3)c3ccccc3-c3ccc4c(-c5cc6ccc7cc(-c8ccc9ccccc9c8)cc8ccc(c5)c6c78)cccc4c32)cc1. The fourth-order valence-electron chi connectivity index (χ4n) is 10.1. The van der Waals surface area contributed by atoms with Crippen molar-refractivity contribution in [1.29, 1.82) is 0 Å². The maximum Gasteiger partial charge on any atom is 0.0719 e. The van der Waals surface area contributed by atoms with Crippen molar-refractivity contribution >= 4 is 53.9 Å². The average Bonchev–Trinajstić information content (AvgIpc) is 3.57. The van der Waals surface area contributed by atoms with Gasteiger partial charge in [-0.1, -0.05) is 176 Å². The second-order valence-electron chi connectivity index (χ2n) is 15.2. The Kier molecular flexibility index (Phi) is 6.36. The summed E-state index contributed by atoms with van der Waals surface area (Å²) in [5, 5.41) is 12.9. The fourth-order valence-corrected chi connectivity index (χ4v) is 10.1. The van der Waals surface area contributed by atoms with Crippen LogP contribution in [0.2, 0.25) is 0 Å². The van der Waals surface area contributed by atoms with Gasteiger partial charge in [-0.15, -0.1) is 0 Å². The van der Waals surface area contributed by atoms with E-state index in [0.717, 1.165) is 0 Å². The Morgan fingerprint density at radius 2 is 0.800 bits per heavy atom. The van der Waals surface area contributed by atoms with Crippen LogP contribution in [0.5, 0.6) is 0 Å². The van der Waals surface area contributed by atoms with E-state index in [9.17, 15) is 0 Å². The lowest BCUT2D eigenvalue weighted by molar-refractivity contribution is 0.775. The number of rotatable bonds is 4. The molecule has 0 bridgehead atoms. The van der Waals surface area contributed by atoms with Crippen LogP contribution in [-0.4, -0.2) is 0 Å². The van der Waals surface area contributed by atoms with Gasteiger partial charge in [0.2, 0.25) is 0 Å². The molecule has 55 heavy (non-hydrogen) atoms. The summed E-state index contributed by atoms with van der Waals surface area (Å²) < 4.78 is 0. The van der Waals surface area contributed by atoms with E-state index in [-0.39, 0.29) is 0 Å². The Balaban J connectivity index is 1.07. The molecule has 11 aromatic rings. The van der Waals surface area contributed by atoms with E-state index in [0.29, 0.717) is 0 Å². The van der Waals surface area contributed by atoms with Crippen molar-refractivity contribution in [2.75, 3.05) is 0 Å². The van der Waals surface area contributed by atoms with Gasteiger partial charge in [0.15, 0.2) is 0 Å². The molecule has 0 saturated heterocycles. The van der Waals surface area contributed by atoms with Crippen molar-refractivity contribution in [3.8, 4) is 33.4 Å². The molecule has 1 aliphatic rings. The summed E-state index contributed by atoms with van der Waals surface area (Å²) in [5.41, 5.74) is 12.5. The zero-order valence-electron chi connectivity index (χ0n) is 30.1. The molecule has 11 aromatic carbocycles. The first-order valence-electron chi connectivity index (χ1n) is 19.2. The van der Waals surface area contributed by atoms with Gasteiger partial charge < -0.3 is 0 Å². The minimum absolute atomic E-state index is 0.453. The summed E-state index contributed by atoms with van der Waals surface area (Å²) >= 11 is 0. The van der Waals surface area contributed by atoms with Gasteiger partial charge in [-0.25, -0.2) is 0 Å². The molecule has 0 radical (unpaired) electrons. The molecule has 0 heteroatoms. The highest BCUT2D eigenvalue weighted by Gasteiger charge is 2.47. The molecule has 0 nitrogen and oxygen atoms in total. The largest absolute Gasteiger partial charge is 0.0719 e. The molecule has 0 spiro atoms. The predicted molar refractivity (Wildman–Crippen MR) is 233 cm³/mol. The van der Waals surface area contributed by atoms with Crippen LogP contribution in [0, 0.1) is 0 Å². The number of hydrogen-bond acceptors (Lipinski definition) is 0. The summed E-state index contributed by atoms with van der Waals surface area (Å²) in [5.74, 6) is 0. The molecule has 0 aliphatic heterocycles. The van der Waals surface area contributed by atoms with Crippen LogP contribution >= 0.6 is 0 Å². The maximum absolute atomic E-state index is 2.41. The predicted octanol–water partition coefficient (Wildman–Crippen LogP) is 14.6. The van der Waals surface area contributed by atoms with E-state index in [4.69, 9.17) is 0 Å². The van der Waals surface area contributed by atoms with Gasteiger partial charge in [-0.2, -0.15) is 0 Å². The van der Waals surface area contributed by atoms with Crippen LogP contribution < -0.4 is 0 Å². The van der Waals surface area contributed by atoms with E-state index < -0.39 is 5.41 Å². The molecule has 0 unspecified atom stereocenters. The van der Waals surface area contributed by atoms with Crippen LogP contribution in [-0.2, 0) is 5.41 Å². The lowest BCUT2D eigenvalue weighted by atomic mass is 9.66. The molecule has 0 saturated carbocycles. The molecule has 0 aromatic heterocycles. The number of hydrogen-bond donors (Lipinski definition) is 0. The first kappa shape index (κ1) is 30.4. The molecule has 0 heterocycles. The Morgan fingerprint density at radius 3 is 1.47 bits per heavy atom. The van der Waals surface area contributed by atoms with Crippen LogP contribution in [0.3, 0.4) is 0 Å². The van der Waals surface area contributed by atoms with E-state index >= 15 is 0 Å². The van der Waals surface area contributed by atoms with Crippen molar-refractivity contribution in [2.24, 2.45) is 0 Å². The zero-order chi connectivity index (χ0) is 36.1. The minimum Gasteiger partial charge on any atom is -0.0622 e. The molecule has 254 valence electrons. The van der Waals surface area contributed by atoms with Gasteiger partial charge in [0, 0.05) is 0 Å². The van der Waals surface area contributed by atoms with Gasteiger partial charge in [0.25, 0.3) is 0 Å². The average molecular weight is 695 g/mol. The topological polar surface area (TPSA) is 0 Å². The molecule has 0 atom stereocenters. The van der Waals surface area contributed by atoms with Crippen molar-refractivity contribution in [2.45, 2.75) is 5.41 Å². The van der Waals surface area contributed by atoms with Gasteiger partial charge in [0.1, 0.15) is 0 Å². The summed E-state index contributed by atoms with van der Waals surface area (Å²) in [6, 6.07) is 77.2. The van der Waals surface area contributed by atoms with E-state index in [1.807, 2.05) is 0 Å². The van der Waals surface area contributed by atoms with E-state index in [1.54, 1.807) is 0 Å². The van der Waals surface area contributed by atoms with Crippen molar-refractivity contribution in [3.63, 3.8) is 0 Å². The van der Waals surface area contributed by atoms with Crippen molar-refractivity contribution in [3.05, 3.63) is 229 Å². The Hall–Kier alpha value is -7.02. The van der Waals surface area contributed by atoms with Gasteiger partial charge in [0.05, 0.1) is 5.41 Å². The van der Waals surface area contributed by atoms with Gasteiger partial charge in [-0.3, -0.25) is 0 Å². The van der Waals surface area contributed by atoms with E-state index in [2.05, 4.69) is 206 Å². The number of fused-ring (bicyclic) bond motifs is 6. The second kappa shape index (κ2) is 11.5. The highest BCUT2D eigenvalue weighted by molar-refractivity contribution is 6.25. The zero-order valence-corrected chi connectivity index (χ0v) is 30.1. The first-order valence-corrected chi connectivity index (χ1v) is 19.2. The third-order valence-electron chi connectivity index (χ3n) is 12.4. The Labute approximate surface area is 319 Å².